The number of carbonyl (C=O) groups is 1. The first-order valence-electron chi connectivity index (χ1n) is 11.6. The number of hydrogen-bond donors (Lipinski definition) is 1. The van der Waals surface area contributed by atoms with Crippen molar-refractivity contribution >= 4 is 5.97 Å². The minimum atomic E-state index is -0.732. The van der Waals surface area contributed by atoms with Crippen LogP contribution in [0.2, 0.25) is 0 Å². The number of rotatable bonds is 14. The predicted octanol–water partition coefficient (Wildman–Crippen LogP) is 5.59. The van der Waals surface area contributed by atoms with Crippen LogP contribution in [0.25, 0.3) is 0 Å². The van der Waals surface area contributed by atoms with Gasteiger partial charge in [0.25, 0.3) is 0 Å². The van der Waals surface area contributed by atoms with Crippen molar-refractivity contribution in [2.45, 2.75) is 78.1 Å². The topological polar surface area (TPSA) is 49.8 Å². The van der Waals surface area contributed by atoms with E-state index in [1.807, 2.05) is 36.4 Å². The van der Waals surface area contributed by atoms with E-state index in [-0.39, 0.29) is 18.6 Å². The number of hydrogen-bond acceptors (Lipinski definition) is 4. The Kier molecular flexibility index (Phi) is 11.3. The van der Waals surface area contributed by atoms with Crippen LogP contribution in [0.4, 0.5) is 0 Å². The maximum atomic E-state index is 12.1. The van der Waals surface area contributed by atoms with Gasteiger partial charge in [0.1, 0.15) is 12.7 Å². The van der Waals surface area contributed by atoms with Gasteiger partial charge < -0.3 is 9.84 Å². The molecule has 2 aromatic carbocycles. The van der Waals surface area contributed by atoms with E-state index in [2.05, 4.69) is 49.9 Å². The largest absolute Gasteiger partial charge is 0.463 e. The van der Waals surface area contributed by atoms with Crippen LogP contribution in [0.15, 0.2) is 60.7 Å². The fourth-order valence-corrected chi connectivity index (χ4v) is 3.84. The van der Waals surface area contributed by atoms with Crippen molar-refractivity contribution in [3.05, 3.63) is 71.8 Å². The summed E-state index contributed by atoms with van der Waals surface area (Å²) in [5.41, 5.74) is 2.41. The molecule has 31 heavy (non-hydrogen) atoms. The molecule has 0 aliphatic heterocycles. The first-order chi connectivity index (χ1) is 15.0. The van der Waals surface area contributed by atoms with Crippen LogP contribution < -0.4 is 0 Å². The SMILES string of the molecule is CCCCCC(=O)OC[C@@H](O)[C@H](CC(C)C)N(Cc1ccccc1)Cc1ccccc1. The van der Waals surface area contributed by atoms with Gasteiger partial charge in [-0.05, 0) is 29.9 Å². The van der Waals surface area contributed by atoms with E-state index in [4.69, 9.17) is 4.74 Å². The highest BCUT2D eigenvalue weighted by molar-refractivity contribution is 5.69. The summed E-state index contributed by atoms with van der Waals surface area (Å²) in [5.74, 6) is 0.197. The molecule has 0 aliphatic carbocycles. The molecule has 1 N–H and O–H groups in total. The molecule has 0 fully saturated rings. The quantitative estimate of drug-likeness (QED) is 0.317. The molecule has 170 valence electrons. The summed E-state index contributed by atoms with van der Waals surface area (Å²) < 4.78 is 5.45. The molecule has 0 saturated heterocycles. The van der Waals surface area contributed by atoms with Crippen molar-refractivity contribution in [1.29, 1.82) is 0 Å². The van der Waals surface area contributed by atoms with Crippen LogP contribution in [-0.4, -0.2) is 34.7 Å². The number of benzene rings is 2. The number of esters is 1. The van der Waals surface area contributed by atoms with E-state index in [0.717, 1.165) is 38.8 Å². The van der Waals surface area contributed by atoms with E-state index in [1.54, 1.807) is 0 Å². The lowest BCUT2D eigenvalue weighted by atomic mass is 9.96. The van der Waals surface area contributed by atoms with E-state index < -0.39 is 6.10 Å². The molecule has 0 aliphatic rings. The Hall–Kier alpha value is -2.17. The Morgan fingerprint density at radius 3 is 1.97 bits per heavy atom. The van der Waals surface area contributed by atoms with E-state index in [0.29, 0.717) is 12.3 Å². The van der Waals surface area contributed by atoms with Gasteiger partial charge in [0, 0.05) is 25.6 Å². The Balaban J connectivity index is 2.13. The first-order valence-corrected chi connectivity index (χ1v) is 11.6. The van der Waals surface area contributed by atoms with Crippen molar-refractivity contribution < 1.29 is 14.6 Å². The zero-order chi connectivity index (χ0) is 22.5. The number of aliphatic hydroxyl groups excluding tert-OH is 1. The minimum Gasteiger partial charge on any atom is -0.463 e. The summed E-state index contributed by atoms with van der Waals surface area (Å²) in [4.78, 5) is 14.4. The fourth-order valence-electron chi connectivity index (χ4n) is 3.84. The number of aliphatic hydroxyl groups is 1. The summed E-state index contributed by atoms with van der Waals surface area (Å²) in [5, 5.41) is 11.1. The smallest absolute Gasteiger partial charge is 0.305 e. The molecule has 0 saturated carbocycles. The van der Waals surface area contributed by atoms with Crippen LogP contribution in [0.3, 0.4) is 0 Å². The number of ether oxygens (including phenoxy) is 1. The predicted molar refractivity (Wildman–Crippen MR) is 126 cm³/mol. The molecule has 2 aromatic rings. The normalized spacial score (nSPS) is 13.4. The van der Waals surface area contributed by atoms with E-state index in [9.17, 15) is 9.90 Å². The second-order valence-electron chi connectivity index (χ2n) is 8.78. The molecule has 2 rings (SSSR count). The highest BCUT2D eigenvalue weighted by Gasteiger charge is 2.28. The minimum absolute atomic E-state index is 0.0441. The Bertz CT molecular complexity index is 691. The maximum absolute atomic E-state index is 12.1. The van der Waals surface area contributed by atoms with Crippen molar-refractivity contribution in [2.24, 2.45) is 5.92 Å². The molecule has 0 heterocycles. The third-order valence-electron chi connectivity index (χ3n) is 5.48. The lowest BCUT2D eigenvalue weighted by Gasteiger charge is -2.36. The molecular weight excluding hydrogens is 386 g/mol. The van der Waals surface area contributed by atoms with Gasteiger partial charge in [0.05, 0.1) is 0 Å². The first kappa shape index (κ1) is 25.1. The van der Waals surface area contributed by atoms with Crippen molar-refractivity contribution in [3.63, 3.8) is 0 Å². The Morgan fingerprint density at radius 1 is 0.935 bits per heavy atom. The van der Waals surface area contributed by atoms with Gasteiger partial charge in [-0.2, -0.15) is 0 Å². The Labute approximate surface area is 188 Å². The summed E-state index contributed by atoms with van der Waals surface area (Å²) in [6.07, 6.45) is 3.46. The lowest BCUT2D eigenvalue weighted by molar-refractivity contribution is -0.148. The summed E-state index contributed by atoms with van der Waals surface area (Å²) in [7, 11) is 0. The average Bonchev–Trinajstić information content (AvgIpc) is 2.77. The van der Waals surface area contributed by atoms with Crippen LogP contribution >= 0.6 is 0 Å². The number of nitrogens with zero attached hydrogens (tertiary/aromatic N) is 1. The number of carbonyl (C=O) groups excluding carboxylic acids is 1. The van der Waals surface area contributed by atoms with E-state index >= 15 is 0 Å². The fraction of sp³-hybridized carbons (Fsp3) is 0.519. The third kappa shape index (κ3) is 9.67. The van der Waals surface area contributed by atoms with Crippen LogP contribution in [0, 0.1) is 5.92 Å². The van der Waals surface area contributed by atoms with Gasteiger partial charge in [-0.3, -0.25) is 9.69 Å². The maximum Gasteiger partial charge on any atom is 0.305 e. The van der Waals surface area contributed by atoms with Crippen LogP contribution in [0.5, 0.6) is 0 Å². The molecule has 0 spiro atoms. The summed E-state index contributed by atoms with van der Waals surface area (Å²) in [6.45, 7) is 7.95. The van der Waals surface area contributed by atoms with Gasteiger partial charge >= 0.3 is 5.97 Å². The molecule has 2 atom stereocenters. The molecule has 0 amide bonds. The summed E-state index contributed by atoms with van der Waals surface area (Å²) >= 11 is 0. The highest BCUT2D eigenvalue weighted by atomic mass is 16.5. The lowest BCUT2D eigenvalue weighted by Crippen LogP contribution is -2.46. The molecule has 4 heteroatoms. The zero-order valence-corrected chi connectivity index (χ0v) is 19.4. The molecular formula is C27H39NO3. The second kappa shape index (κ2) is 14.0. The molecule has 4 nitrogen and oxygen atoms in total. The summed E-state index contributed by atoms with van der Waals surface area (Å²) in [6, 6.07) is 20.6. The molecule has 0 bridgehead atoms. The number of unbranched alkanes of at least 4 members (excludes halogenated alkanes) is 2. The zero-order valence-electron chi connectivity index (χ0n) is 19.4. The van der Waals surface area contributed by atoms with Crippen LogP contribution in [-0.2, 0) is 22.6 Å². The molecule has 0 radical (unpaired) electrons. The van der Waals surface area contributed by atoms with Gasteiger partial charge in [-0.25, -0.2) is 0 Å². The Morgan fingerprint density at radius 2 is 1.48 bits per heavy atom. The van der Waals surface area contributed by atoms with Gasteiger partial charge in [-0.1, -0.05) is 94.3 Å². The molecule has 0 unspecified atom stereocenters. The van der Waals surface area contributed by atoms with Gasteiger partial charge in [0.15, 0.2) is 0 Å². The van der Waals surface area contributed by atoms with Gasteiger partial charge in [-0.15, -0.1) is 0 Å². The van der Waals surface area contributed by atoms with Crippen molar-refractivity contribution in [1.82, 2.24) is 4.90 Å². The van der Waals surface area contributed by atoms with Crippen molar-refractivity contribution in [3.8, 4) is 0 Å². The standard InChI is InChI=1S/C27H39NO3/c1-4-5-8-17-27(30)31-21-26(29)25(18-22(2)3)28(19-23-13-9-6-10-14-23)20-24-15-11-7-12-16-24/h6-7,9-16,22,25-26,29H,4-5,8,17-21H2,1-3H3/t25-,26+/m0/s1. The monoisotopic (exact) mass is 425 g/mol. The highest BCUT2D eigenvalue weighted by Crippen LogP contribution is 2.21. The third-order valence-corrected chi connectivity index (χ3v) is 5.48. The van der Waals surface area contributed by atoms with E-state index in [1.165, 1.54) is 11.1 Å². The average molecular weight is 426 g/mol. The second-order valence-corrected chi connectivity index (χ2v) is 8.78. The molecule has 0 aromatic heterocycles. The van der Waals surface area contributed by atoms with Crippen molar-refractivity contribution in [2.75, 3.05) is 6.61 Å². The van der Waals surface area contributed by atoms with Crippen LogP contribution in [0.1, 0.15) is 64.0 Å². The van der Waals surface area contributed by atoms with Gasteiger partial charge in [0.2, 0.25) is 0 Å².